The van der Waals surface area contributed by atoms with Gasteiger partial charge < -0.3 is 9.64 Å². The van der Waals surface area contributed by atoms with Crippen molar-refractivity contribution in [3.63, 3.8) is 0 Å². The normalized spacial score (nSPS) is 10.8. The zero-order valence-electron chi connectivity index (χ0n) is 12.9. The van der Waals surface area contributed by atoms with Crippen LogP contribution in [0.5, 0.6) is 5.75 Å². The van der Waals surface area contributed by atoms with Gasteiger partial charge in [0.25, 0.3) is 5.69 Å². The van der Waals surface area contributed by atoms with Gasteiger partial charge in [-0.2, -0.15) is 8.78 Å². The minimum Gasteiger partial charge on any atom is -0.435 e. The van der Waals surface area contributed by atoms with Gasteiger partial charge in [0.2, 0.25) is 0 Å². The van der Waals surface area contributed by atoms with Crippen LogP contribution in [0.1, 0.15) is 11.3 Å². The van der Waals surface area contributed by atoms with Gasteiger partial charge in [-0.25, -0.2) is 4.98 Å². The molecule has 0 bridgehead atoms. The van der Waals surface area contributed by atoms with Crippen molar-refractivity contribution in [1.82, 2.24) is 4.98 Å². The predicted molar refractivity (Wildman–Crippen MR) is 88.5 cm³/mol. The van der Waals surface area contributed by atoms with Gasteiger partial charge in [0.05, 0.1) is 9.40 Å². The highest BCUT2D eigenvalue weighted by Gasteiger charge is 2.18. The molecule has 0 amide bonds. The lowest BCUT2D eigenvalue weighted by atomic mass is 10.2. The second kappa shape index (κ2) is 7.52. The highest BCUT2D eigenvalue weighted by Crippen LogP contribution is 2.30. The van der Waals surface area contributed by atoms with Crippen LogP contribution >= 0.6 is 15.9 Å². The number of rotatable bonds is 6. The van der Waals surface area contributed by atoms with Crippen LogP contribution in [0.25, 0.3) is 0 Å². The van der Waals surface area contributed by atoms with Gasteiger partial charge in [0.1, 0.15) is 17.3 Å². The van der Waals surface area contributed by atoms with E-state index in [-0.39, 0.29) is 11.4 Å². The fourth-order valence-electron chi connectivity index (χ4n) is 2.14. The summed E-state index contributed by atoms with van der Waals surface area (Å²) in [6.07, 6.45) is 0. The summed E-state index contributed by atoms with van der Waals surface area (Å²) in [5.41, 5.74) is 1.10. The van der Waals surface area contributed by atoms with E-state index >= 15 is 0 Å². The first kappa shape index (κ1) is 18.1. The molecule has 0 saturated heterocycles. The first-order valence-electron chi connectivity index (χ1n) is 6.84. The van der Waals surface area contributed by atoms with E-state index in [9.17, 15) is 18.9 Å². The van der Waals surface area contributed by atoms with Crippen LogP contribution in [0.2, 0.25) is 0 Å². The molecule has 0 saturated carbocycles. The number of nitrogens with zero attached hydrogens (tertiary/aromatic N) is 3. The number of halogens is 3. The maximum Gasteiger partial charge on any atom is 0.387 e. The topological polar surface area (TPSA) is 68.5 Å². The van der Waals surface area contributed by atoms with Crippen molar-refractivity contribution in [3.8, 4) is 5.75 Å². The van der Waals surface area contributed by atoms with E-state index in [0.29, 0.717) is 22.5 Å². The Bertz CT molecular complexity index is 741. The highest BCUT2D eigenvalue weighted by atomic mass is 79.9. The Morgan fingerprint density at radius 3 is 2.54 bits per heavy atom. The SMILES string of the molecule is Cc1nc(N(C)Cc2ccc(OC(F)F)cc2)c(Br)cc1[N+](=O)[O-]. The molecule has 1 aromatic carbocycles. The summed E-state index contributed by atoms with van der Waals surface area (Å²) in [7, 11) is 1.78. The molecule has 2 rings (SSSR count). The number of pyridine rings is 1. The van der Waals surface area contributed by atoms with Crippen molar-refractivity contribution < 1.29 is 18.4 Å². The predicted octanol–water partition coefficient (Wildman–Crippen LogP) is 4.30. The summed E-state index contributed by atoms with van der Waals surface area (Å²) in [6, 6.07) is 7.66. The van der Waals surface area contributed by atoms with Gasteiger partial charge >= 0.3 is 6.61 Å². The molecular formula is C15H14BrF2N3O3. The molecule has 1 aromatic heterocycles. The molecule has 0 N–H and O–H groups in total. The highest BCUT2D eigenvalue weighted by molar-refractivity contribution is 9.10. The lowest BCUT2D eigenvalue weighted by Gasteiger charge is -2.20. The summed E-state index contributed by atoms with van der Waals surface area (Å²) >= 11 is 3.29. The van der Waals surface area contributed by atoms with Crippen LogP contribution in [-0.2, 0) is 6.54 Å². The molecule has 0 atom stereocenters. The maximum absolute atomic E-state index is 12.1. The van der Waals surface area contributed by atoms with Crippen LogP contribution in [0.15, 0.2) is 34.8 Å². The van der Waals surface area contributed by atoms with Crippen LogP contribution in [0, 0.1) is 17.0 Å². The third-order valence-corrected chi connectivity index (χ3v) is 3.83. The number of nitro groups is 1. The summed E-state index contributed by atoms with van der Waals surface area (Å²) in [4.78, 5) is 16.5. The summed E-state index contributed by atoms with van der Waals surface area (Å²) in [5.74, 6) is 0.632. The molecule has 1 heterocycles. The molecule has 2 aromatic rings. The van der Waals surface area contributed by atoms with Crippen molar-refractivity contribution in [2.24, 2.45) is 0 Å². The molecule has 0 fully saturated rings. The van der Waals surface area contributed by atoms with Crippen LogP contribution in [-0.4, -0.2) is 23.6 Å². The monoisotopic (exact) mass is 401 g/mol. The minimum absolute atomic E-state index is 0.0625. The van der Waals surface area contributed by atoms with E-state index < -0.39 is 11.5 Å². The van der Waals surface area contributed by atoms with E-state index in [1.807, 2.05) is 0 Å². The van der Waals surface area contributed by atoms with Gasteiger partial charge in [-0.15, -0.1) is 0 Å². The van der Waals surface area contributed by atoms with E-state index in [1.54, 1.807) is 31.0 Å². The lowest BCUT2D eigenvalue weighted by molar-refractivity contribution is -0.385. The van der Waals surface area contributed by atoms with E-state index in [2.05, 4.69) is 25.7 Å². The number of alkyl halides is 2. The average Bonchev–Trinajstić information content (AvgIpc) is 2.50. The van der Waals surface area contributed by atoms with E-state index in [4.69, 9.17) is 0 Å². The number of anilines is 1. The van der Waals surface area contributed by atoms with Crippen molar-refractivity contribution in [1.29, 1.82) is 0 Å². The number of aryl methyl sites for hydroxylation is 1. The number of ether oxygens (including phenoxy) is 1. The molecule has 0 spiro atoms. The van der Waals surface area contributed by atoms with Crippen molar-refractivity contribution in [2.75, 3.05) is 11.9 Å². The number of benzene rings is 1. The second-order valence-corrected chi connectivity index (χ2v) is 5.89. The Morgan fingerprint density at radius 1 is 1.38 bits per heavy atom. The van der Waals surface area contributed by atoms with Crippen molar-refractivity contribution in [3.05, 3.63) is 56.2 Å². The zero-order valence-corrected chi connectivity index (χ0v) is 14.5. The third kappa shape index (κ3) is 4.38. The van der Waals surface area contributed by atoms with Gasteiger partial charge in [-0.05, 0) is 40.5 Å². The maximum atomic E-state index is 12.1. The molecule has 9 heteroatoms. The Balaban J connectivity index is 2.16. The largest absolute Gasteiger partial charge is 0.435 e. The molecule has 0 aliphatic carbocycles. The second-order valence-electron chi connectivity index (χ2n) is 5.03. The Kier molecular flexibility index (Phi) is 5.66. The Hall–Kier alpha value is -2.29. The van der Waals surface area contributed by atoms with Crippen LogP contribution in [0.3, 0.4) is 0 Å². The Morgan fingerprint density at radius 2 is 2.00 bits per heavy atom. The number of hydrogen-bond donors (Lipinski definition) is 0. The van der Waals surface area contributed by atoms with Gasteiger partial charge in [0.15, 0.2) is 0 Å². The Labute approximate surface area is 145 Å². The van der Waals surface area contributed by atoms with E-state index in [1.165, 1.54) is 18.2 Å². The van der Waals surface area contributed by atoms with Gasteiger partial charge in [0, 0.05) is 19.7 Å². The molecule has 6 nitrogen and oxygen atoms in total. The summed E-state index contributed by atoms with van der Waals surface area (Å²) < 4.78 is 29.1. The van der Waals surface area contributed by atoms with Crippen molar-refractivity contribution in [2.45, 2.75) is 20.1 Å². The molecule has 0 unspecified atom stereocenters. The fraction of sp³-hybridized carbons (Fsp3) is 0.267. The minimum atomic E-state index is -2.86. The molecule has 128 valence electrons. The fourth-order valence-corrected chi connectivity index (χ4v) is 2.74. The van der Waals surface area contributed by atoms with Crippen molar-refractivity contribution >= 4 is 27.4 Å². The van der Waals surface area contributed by atoms with E-state index in [0.717, 1.165) is 5.56 Å². The molecule has 0 aliphatic rings. The van der Waals surface area contributed by atoms with Crippen LogP contribution < -0.4 is 9.64 Å². The molecule has 0 radical (unpaired) electrons. The summed E-state index contributed by atoms with van der Waals surface area (Å²) in [6.45, 7) is -0.849. The average molecular weight is 402 g/mol. The van der Waals surface area contributed by atoms with Crippen LogP contribution in [0.4, 0.5) is 20.3 Å². The molecular weight excluding hydrogens is 388 g/mol. The molecule has 24 heavy (non-hydrogen) atoms. The zero-order chi connectivity index (χ0) is 17.9. The quantitative estimate of drug-likeness (QED) is 0.533. The lowest BCUT2D eigenvalue weighted by Crippen LogP contribution is -2.19. The molecule has 0 aliphatic heterocycles. The number of aromatic nitrogens is 1. The summed E-state index contributed by atoms with van der Waals surface area (Å²) in [5, 5.41) is 10.9. The smallest absolute Gasteiger partial charge is 0.387 e. The first-order valence-corrected chi connectivity index (χ1v) is 7.63. The van der Waals surface area contributed by atoms with Gasteiger partial charge in [-0.1, -0.05) is 12.1 Å². The number of hydrogen-bond acceptors (Lipinski definition) is 5. The van der Waals surface area contributed by atoms with Gasteiger partial charge in [-0.3, -0.25) is 10.1 Å². The first-order chi connectivity index (χ1) is 11.3. The standard InChI is InChI=1S/C15H14BrF2N3O3/c1-9-13(21(22)23)7-12(16)14(19-9)20(2)8-10-3-5-11(6-4-10)24-15(17)18/h3-7,15H,8H2,1-2H3. The third-order valence-electron chi connectivity index (χ3n) is 3.25.